The highest BCUT2D eigenvalue weighted by Gasteiger charge is 2.69. The Bertz CT molecular complexity index is 876. The van der Waals surface area contributed by atoms with Gasteiger partial charge in [0, 0.05) is 12.3 Å². The molecule has 0 N–H and O–H groups in total. The van der Waals surface area contributed by atoms with E-state index >= 15 is 0 Å². The van der Waals surface area contributed by atoms with Gasteiger partial charge in [-0.05, 0) is 107 Å². The summed E-state index contributed by atoms with van der Waals surface area (Å²) in [5, 5.41) is 0. The summed E-state index contributed by atoms with van der Waals surface area (Å²) in [6, 6.07) is -0.327. The van der Waals surface area contributed by atoms with Crippen LogP contribution in [-0.2, 0) is 14.3 Å². The van der Waals surface area contributed by atoms with E-state index in [1.807, 2.05) is 32.6 Å². The van der Waals surface area contributed by atoms with Crippen LogP contribution in [0.5, 0.6) is 0 Å². The van der Waals surface area contributed by atoms with Crippen molar-refractivity contribution >= 4 is 24.0 Å². The minimum atomic E-state index is -0.631. The van der Waals surface area contributed by atoms with E-state index in [2.05, 4.69) is 11.9 Å². The molecule has 9 atom stereocenters. The van der Waals surface area contributed by atoms with Crippen LogP contribution in [-0.4, -0.2) is 47.1 Å². The minimum absolute atomic E-state index is 0.0320. The first-order chi connectivity index (χ1) is 15.5. The van der Waals surface area contributed by atoms with Crippen LogP contribution in [0.25, 0.3) is 0 Å². The Balaban J connectivity index is 1.49. The fraction of sp³-hybridized carbons (Fsp3) is 0.852. The molecule has 0 bridgehead atoms. The highest BCUT2D eigenvalue weighted by atomic mass is 16.6. The molecule has 0 radical (unpaired) electrons. The molecule has 1 aliphatic heterocycles. The van der Waals surface area contributed by atoms with Crippen LogP contribution in [0.4, 0.5) is 4.79 Å². The first-order valence-corrected chi connectivity index (χ1v) is 13.1. The number of nitrogens with zero attached hydrogens (tertiary/aromatic N) is 2. The van der Waals surface area contributed by atoms with E-state index in [1.54, 1.807) is 0 Å². The Morgan fingerprint density at radius 2 is 1.88 bits per heavy atom. The maximum atomic E-state index is 14.3. The van der Waals surface area contributed by atoms with Gasteiger partial charge in [-0.15, -0.1) is 0 Å². The molecule has 5 fully saturated rings. The Labute approximate surface area is 197 Å². The zero-order chi connectivity index (χ0) is 23.7. The molecular formula is C27H40N2O4. The number of hydrogen-bond donors (Lipinski definition) is 0. The summed E-state index contributed by atoms with van der Waals surface area (Å²) >= 11 is 0. The third-order valence-electron chi connectivity index (χ3n) is 9.63. The summed E-state index contributed by atoms with van der Waals surface area (Å²) in [5.74, 6) is 2.86. The molecule has 6 unspecified atom stereocenters. The Kier molecular flexibility index (Phi) is 5.52. The van der Waals surface area contributed by atoms with Crippen molar-refractivity contribution in [3.05, 3.63) is 0 Å². The van der Waals surface area contributed by atoms with Gasteiger partial charge in [0.1, 0.15) is 11.9 Å². The first kappa shape index (κ1) is 23.0. The summed E-state index contributed by atoms with van der Waals surface area (Å²) in [4.78, 5) is 45.3. The fourth-order valence-electron chi connectivity index (χ4n) is 8.88. The Morgan fingerprint density at radius 1 is 1.12 bits per heavy atom. The van der Waals surface area contributed by atoms with Gasteiger partial charge in [-0.3, -0.25) is 4.79 Å². The standard InChI is InChI=1S/C27H40N2O4/c1-15-9-18-10-19-12-27(11-15,23(18)19)22(16(2)28-25(32)33-26(3,4)5)24(31)29-13-17-7-6-8-20(17)21(29)14-30/h14-15,17-23H,6-13H2,1-5H3/t15?,17-,18?,19?,20-,21+,22?,23?,27?/m0/s1. The second-order valence-electron chi connectivity index (χ2n) is 12.9. The van der Waals surface area contributed by atoms with Crippen LogP contribution in [0.15, 0.2) is 4.99 Å². The lowest BCUT2D eigenvalue weighted by atomic mass is 9.32. The molecule has 1 heterocycles. The average molecular weight is 457 g/mol. The van der Waals surface area contributed by atoms with Crippen molar-refractivity contribution in [2.45, 2.75) is 91.2 Å². The zero-order valence-electron chi connectivity index (χ0n) is 20.9. The van der Waals surface area contributed by atoms with Crippen molar-refractivity contribution in [2.24, 2.45) is 51.8 Å². The van der Waals surface area contributed by atoms with E-state index in [-0.39, 0.29) is 17.4 Å². The number of aldehydes is 1. The maximum Gasteiger partial charge on any atom is 0.434 e. The van der Waals surface area contributed by atoms with Crippen molar-refractivity contribution < 1.29 is 19.1 Å². The number of hydrogen-bond acceptors (Lipinski definition) is 4. The molecule has 0 aromatic carbocycles. The van der Waals surface area contributed by atoms with Crippen molar-refractivity contribution in [1.29, 1.82) is 0 Å². The minimum Gasteiger partial charge on any atom is -0.442 e. The SMILES string of the molecule is CC(=NC(=O)OC(C)(C)C)C(C(=O)N1C[C@@H]2CCC[C@@H]2[C@H]1C=O)C12CC(C)CC3CC(C1)C32. The van der Waals surface area contributed by atoms with Crippen LogP contribution in [0, 0.1) is 46.8 Å². The highest BCUT2D eigenvalue weighted by Crippen LogP contribution is 2.74. The van der Waals surface area contributed by atoms with Gasteiger partial charge in [0.25, 0.3) is 0 Å². The van der Waals surface area contributed by atoms with Gasteiger partial charge in [0.2, 0.25) is 5.91 Å². The van der Waals surface area contributed by atoms with E-state index < -0.39 is 17.6 Å². The van der Waals surface area contributed by atoms with Gasteiger partial charge in [-0.1, -0.05) is 13.3 Å². The Hall–Kier alpha value is -1.72. The second-order valence-corrected chi connectivity index (χ2v) is 12.9. The molecule has 0 spiro atoms. The fourth-order valence-corrected chi connectivity index (χ4v) is 8.88. The van der Waals surface area contributed by atoms with Crippen LogP contribution in [0.1, 0.15) is 79.6 Å². The Morgan fingerprint density at radius 3 is 2.55 bits per heavy atom. The number of carbonyl (C=O) groups is 3. The van der Waals surface area contributed by atoms with Crippen LogP contribution >= 0.6 is 0 Å². The number of rotatable bonds is 4. The predicted molar refractivity (Wildman–Crippen MR) is 126 cm³/mol. The topological polar surface area (TPSA) is 76.0 Å². The molecule has 1 saturated heterocycles. The van der Waals surface area contributed by atoms with Gasteiger partial charge < -0.3 is 14.4 Å². The van der Waals surface area contributed by atoms with Crippen LogP contribution in [0.2, 0.25) is 0 Å². The number of likely N-dealkylation sites (tertiary alicyclic amines) is 1. The van der Waals surface area contributed by atoms with Crippen molar-refractivity contribution in [2.75, 3.05) is 6.54 Å². The van der Waals surface area contributed by atoms with Gasteiger partial charge in [0.05, 0.1) is 12.0 Å². The molecule has 2 amide bonds. The van der Waals surface area contributed by atoms with Crippen LogP contribution in [0.3, 0.4) is 0 Å². The molecule has 4 aliphatic carbocycles. The number of fused-ring (bicyclic) bond motifs is 1. The lowest BCUT2D eigenvalue weighted by Crippen LogP contribution is -2.68. The molecule has 0 aromatic heterocycles. The second kappa shape index (κ2) is 7.91. The predicted octanol–water partition coefficient (Wildman–Crippen LogP) is 4.90. The summed E-state index contributed by atoms with van der Waals surface area (Å²) in [6.45, 7) is 10.3. The van der Waals surface area contributed by atoms with E-state index in [4.69, 9.17) is 4.74 Å². The van der Waals surface area contributed by atoms with E-state index in [1.165, 1.54) is 12.8 Å². The summed E-state index contributed by atoms with van der Waals surface area (Å²) in [5.41, 5.74) is -0.175. The first-order valence-electron chi connectivity index (χ1n) is 13.1. The quantitative estimate of drug-likeness (QED) is 0.445. The maximum absolute atomic E-state index is 14.3. The molecule has 0 aromatic rings. The summed E-state index contributed by atoms with van der Waals surface area (Å²) < 4.78 is 5.48. The lowest BCUT2D eigenvalue weighted by molar-refractivity contribution is -0.224. The van der Waals surface area contributed by atoms with Gasteiger partial charge in [0.15, 0.2) is 0 Å². The molecule has 4 saturated carbocycles. The summed E-state index contributed by atoms with van der Waals surface area (Å²) in [7, 11) is 0. The third kappa shape index (κ3) is 3.67. The number of aliphatic imine (C=N–C) groups is 1. The van der Waals surface area contributed by atoms with Gasteiger partial charge >= 0.3 is 6.09 Å². The number of amides is 2. The number of carbonyl (C=O) groups excluding carboxylic acids is 3. The monoisotopic (exact) mass is 456 g/mol. The van der Waals surface area contributed by atoms with Crippen molar-refractivity contribution in [3.8, 4) is 0 Å². The van der Waals surface area contributed by atoms with Crippen LogP contribution < -0.4 is 0 Å². The molecule has 6 heteroatoms. The van der Waals surface area contributed by atoms with E-state index in [9.17, 15) is 14.4 Å². The zero-order valence-corrected chi connectivity index (χ0v) is 20.9. The largest absolute Gasteiger partial charge is 0.442 e. The third-order valence-corrected chi connectivity index (χ3v) is 9.63. The van der Waals surface area contributed by atoms with E-state index in [0.29, 0.717) is 47.8 Å². The average Bonchev–Trinajstić information content (AvgIpc) is 3.23. The highest BCUT2D eigenvalue weighted by molar-refractivity contribution is 6.07. The van der Waals surface area contributed by atoms with E-state index in [0.717, 1.165) is 38.4 Å². The van der Waals surface area contributed by atoms with Crippen molar-refractivity contribution in [3.63, 3.8) is 0 Å². The van der Waals surface area contributed by atoms with Gasteiger partial charge in [-0.25, -0.2) is 4.79 Å². The van der Waals surface area contributed by atoms with Gasteiger partial charge in [-0.2, -0.15) is 4.99 Å². The number of ether oxygens (including phenoxy) is 1. The lowest BCUT2D eigenvalue weighted by Gasteiger charge is -2.72. The normalized spacial score (nSPS) is 42.5. The molecular weight excluding hydrogens is 416 g/mol. The molecule has 33 heavy (non-hydrogen) atoms. The smallest absolute Gasteiger partial charge is 0.434 e. The molecule has 6 nitrogen and oxygen atoms in total. The summed E-state index contributed by atoms with van der Waals surface area (Å²) in [6.07, 6.45) is 8.24. The molecule has 5 rings (SSSR count). The molecule has 182 valence electrons. The molecule has 5 aliphatic rings. The van der Waals surface area contributed by atoms with Crippen molar-refractivity contribution in [1.82, 2.24) is 4.90 Å².